The van der Waals surface area contributed by atoms with Gasteiger partial charge in [-0.2, -0.15) is 0 Å². The number of hydrogen-bond donors (Lipinski definition) is 0. The van der Waals surface area contributed by atoms with Crippen molar-refractivity contribution in [1.82, 2.24) is 0 Å². The maximum Gasteiger partial charge on any atom is 0.260 e. The molecule has 2 atom stereocenters. The van der Waals surface area contributed by atoms with Gasteiger partial charge in [-0.05, 0) is 56.5 Å². The van der Waals surface area contributed by atoms with Crippen molar-refractivity contribution in [3.8, 4) is 0 Å². The lowest BCUT2D eigenvalue weighted by Gasteiger charge is -2.24. The van der Waals surface area contributed by atoms with Gasteiger partial charge >= 0.3 is 0 Å². The van der Waals surface area contributed by atoms with E-state index in [9.17, 15) is 9.59 Å². The highest BCUT2D eigenvalue weighted by atomic mass is 79.9. The van der Waals surface area contributed by atoms with E-state index in [-0.39, 0.29) is 11.8 Å². The summed E-state index contributed by atoms with van der Waals surface area (Å²) in [5, 5.41) is 4.11. The van der Waals surface area contributed by atoms with Crippen molar-refractivity contribution in [1.29, 1.82) is 0 Å². The molecule has 4 nitrogen and oxygen atoms in total. The van der Waals surface area contributed by atoms with E-state index in [0.29, 0.717) is 36.1 Å². The third-order valence-corrected chi connectivity index (χ3v) is 11.4. The Morgan fingerprint density at radius 1 is 0.722 bits per heavy atom. The van der Waals surface area contributed by atoms with Gasteiger partial charge in [0.1, 0.15) is 0 Å². The smallest absolute Gasteiger partial charge is 0.260 e. The molecule has 0 radical (unpaired) electrons. The highest BCUT2D eigenvalue weighted by Gasteiger charge is 2.45. The average molecular weight is 657 g/mol. The summed E-state index contributed by atoms with van der Waals surface area (Å²) in [6.07, 6.45) is 8.96. The number of carbonyl (C=O) groups excluding carboxylic acids is 2. The highest BCUT2D eigenvalue weighted by molar-refractivity contribution is 9.11. The zero-order chi connectivity index (χ0) is 26.0. The van der Waals surface area contributed by atoms with E-state index in [0.717, 1.165) is 68.6 Å². The number of rotatable bonds is 12. The molecule has 0 saturated carbocycles. The molecule has 0 N–H and O–H groups in total. The van der Waals surface area contributed by atoms with E-state index < -0.39 is 0 Å². The second-order valence-electron chi connectivity index (χ2n) is 9.94. The van der Waals surface area contributed by atoms with Gasteiger partial charge in [0, 0.05) is 23.8 Å². The van der Waals surface area contributed by atoms with Crippen LogP contribution in [0, 0.1) is 11.8 Å². The normalized spacial score (nSPS) is 18.8. The summed E-state index contributed by atoms with van der Waals surface area (Å²) in [4.78, 5) is 33.8. The van der Waals surface area contributed by atoms with Crippen molar-refractivity contribution in [2.75, 3.05) is 22.9 Å². The average Bonchev–Trinajstić information content (AvgIpc) is 3.58. The zero-order valence-corrected chi connectivity index (χ0v) is 26.5. The molecular formula is C28H36Br2N2O2S2. The van der Waals surface area contributed by atoms with Crippen LogP contribution in [-0.4, -0.2) is 24.9 Å². The third kappa shape index (κ3) is 5.16. The first kappa shape index (κ1) is 28.1. The van der Waals surface area contributed by atoms with Gasteiger partial charge in [-0.15, -0.1) is 22.7 Å². The molecule has 2 aromatic rings. The van der Waals surface area contributed by atoms with Crippen molar-refractivity contribution in [3.05, 3.63) is 29.5 Å². The van der Waals surface area contributed by atoms with Crippen molar-refractivity contribution in [2.45, 2.75) is 79.1 Å². The molecular weight excluding hydrogens is 620 g/mol. The molecule has 2 unspecified atom stereocenters. The fraction of sp³-hybridized carbons (Fsp3) is 0.571. The van der Waals surface area contributed by atoms with Crippen LogP contribution in [0.5, 0.6) is 0 Å². The van der Waals surface area contributed by atoms with E-state index in [4.69, 9.17) is 0 Å². The lowest BCUT2D eigenvalue weighted by Crippen LogP contribution is -2.34. The van der Waals surface area contributed by atoms with Crippen LogP contribution >= 0.6 is 54.5 Å². The lowest BCUT2D eigenvalue weighted by atomic mass is 9.98. The third-order valence-electron chi connectivity index (χ3n) is 7.57. The molecule has 0 spiro atoms. The van der Waals surface area contributed by atoms with E-state index in [1.165, 1.54) is 12.8 Å². The summed E-state index contributed by atoms with van der Waals surface area (Å²) in [7, 11) is 0. The first-order valence-electron chi connectivity index (χ1n) is 13.3. The number of unbranched alkanes of at least 4 members (excludes halogenated alkanes) is 2. The Morgan fingerprint density at radius 2 is 1.11 bits per heavy atom. The molecule has 196 valence electrons. The summed E-state index contributed by atoms with van der Waals surface area (Å²) in [6, 6.07) is 0. The molecule has 0 aromatic carbocycles. The van der Waals surface area contributed by atoms with E-state index in [2.05, 4.69) is 70.3 Å². The minimum Gasteiger partial charge on any atom is -0.305 e. The molecule has 4 rings (SSSR count). The summed E-state index contributed by atoms with van der Waals surface area (Å²) < 4.78 is 1.88. The first-order valence-corrected chi connectivity index (χ1v) is 16.6. The molecule has 2 aliphatic heterocycles. The number of anilines is 2. The van der Waals surface area contributed by atoms with E-state index in [1.807, 2.05) is 9.80 Å². The molecule has 2 aliphatic rings. The minimum absolute atomic E-state index is 0.0220. The fourth-order valence-electron chi connectivity index (χ4n) is 5.33. The zero-order valence-electron chi connectivity index (χ0n) is 21.7. The number of carbonyl (C=O) groups is 2. The molecule has 8 heteroatoms. The summed E-state index contributed by atoms with van der Waals surface area (Å²) in [5.74, 6) is 0.852. The van der Waals surface area contributed by atoms with Crippen molar-refractivity contribution in [2.24, 2.45) is 11.8 Å². The predicted octanol–water partition coefficient (Wildman–Crippen LogP) is 9.37. The predicted molar refractivity (Wildman–Crippen MR) is 162 cm³/mol. The molecule has 4 heterocycles. The number of halogens is 2. The van der Waals surface area contributed by atoms with E-state index >= 15 is 0 Å². The van der Waals surface area contributed by atoms with Gasteiger partial charge in [-0.1, -0.05) is 66.2 Å². The number of amides is 2. The van der Waals surface area contributed by atoms with Crippen LogP contribution in [0.3, 0.4) is 0 Å². The van der Waals surface area contributed by atoms with Crippen molar-refractivity contribution >= 4 is 88.9 Å². The van der Waals surface area contributed by atoms with Gasteiger partial charge in [0.2, 0.25) is 0 Å². The Kier molecular flexibility index (Phi) is 9.56. The number of nitrogens with zero attached hydrogens (tertiary/aromatic N) is 2. The molecule has 2 amide bonds. The Morgan fingerprint density at radius 3 is 1.44 bits per heavy atom. The summed E-state index contributed by atoms with van der Waals surface area (Å²) in [5.41, 5.74) is 3.08. The fourth-order valence-corrected chi connectivity index (χ4v) is 8.92. The Balaban J connectivity index is 1.76. The molecule has 0 aliphatic carbocycles. The quantitative estimate of drug-likeness (QED) is 0.214. The largest absolute Gasteiger partial charge is 0.305 e. The van der Waals surface area contributed by atoms with Gasteiger partial charge in [0.15, 0.2) is 0 Å². The number of fused-ring (bicyclic) bond motifs is 2. The van der Waals surface area contributed by atoms with Gasteiger partial charge < -0.3 is 9.80 Å². The lowest BCUT2D eigenvalue weighted by molar-refractivity contribution is -0.114. The summed E-state index contributed by atoms with van der Waals surface area (Å²) in [6.45, 7) is 10.2. The van der Waals surface area contributed by atoms with Crippen LogP contribution in [0.4, 0.5) is 11.4 Å². The summed E-state index contributed by atoms with van der Waals surface area (Å²) >= 11 is 10.5. The van der Waals surface area contributed by atoms with Crippen LogP contribution in [0.1, 0.15) is 88.8 Å². The van der Waals surface area contributed by atoms with Crippen LogP contribution in [0.25, 0.3) is 11.1 Å². The molecule has 2 aromatic heterocycles. The van der Waals surface area contributed by atoms with Gasteiger partial charge in [0.05, 0.1) is 41.2 Å². The monoisotopic (exact) mass is 654 g/mol. The first-order chi connectivity index (χ1) is 17.4. The Bertz CT molecular complexity index is 1060. The molecule has 36 heavy (non-hydrogen) atoms. The Hall–Kier alpha value is -0.960. The SMILES string of the molecule is CCCCC(CC)CN1C(=O)/C(=C2/C(=O)N(CC(CC)CCCC)c3c(Br)csc32)c2scc(Br)c21. The van der Waals surface area contributed by atoms with Crippen LogP contribution in [0.15, 0.2) is 19.7 Å². The molecule has 0 bridgehead atoms. The van der Waals surface area contributed by atoms with Crippen molar-refractivity contribution in [3.63, 3.8) is 0 Å². The highest BCUT2D eigenvalue weighted by Crippen LogP contribution is 2.54. The maximum atomic E-state index is 14.1. The maximum absolute atomic E-state index is 14.1. The number of hydrogen-bond acceptors (Lipinski definition) is 4. The minimum atomic E-state index is -0.0220. The number of thiophene rings is 2. The standard InChI is InChI=1S/C28H36Br2N2O2S2/c1-5-9-11-17(7-3)13-31-23-19(29)15-35-25(23)21(27(31)33)22-26-24(20(30)16-36-26)32(28(22)34)14-18(8-4)12-10-6-2/h15-18H,5-14H2,1-4H3/b22-21+. The molecule has 0 saturated heterocycles. The van der Waals surface area contributed by atoms with Gasteiger partial charge in [0.25, 0.3) is 11.8 Å². The second kappa shape index (κ2) is 12.3. The van der Waals surface area contributed by atoms with Crippen molar-refractivity contribution < 1.29 is 9.59 Å². The van der Waals surface area contributed by atoms with Gasteiger partial charge in [-0.25, -0.2) is 0 Å². The van der Waals surface area contributed by atoms with Gasteiger partial charge in [-0.3, -0.25) is 9.59 Å². The van der Waals surface area contributed by atoms with Crippen LogP contribution in [0.2, 0.25) is 0 Å². The van der Waals surface area contributed by atoms with Crippen LogP contribution in [-0.2, 0) is 9.59 Å². The topological polar surface area (TPSA) is 40.6 Å². The second-order valence-corrected chi connectivity index (χ2v) is 13.4. The van der Waals surface area contributed by atoms with Crippen LogP contribution < -0.4 is 9.80 Å². The van der Waals surface area contributed by atoms with E-state index in [1.54, 1.807) is 22.7 Å². The Labute approximate surface area is 240 Å². The molecule has 0 fully saturated rings.